The first kappa shape index (κ1) is 5.44. The number of ketones is 2. The van der Waals surface area contributed by atoms with Crippen LogP contribution in [-0.2, 0) is 9.59 Å². The van der Waals surface area contributed by atoms with Crippen LogP contribution in [0.25, 0.3) is 0 Å². The summed E-state index contributed by atoms with van der Waals surface area (Å²) >= 11 is 0. The first-order valence-electron chi connectivity index (χ1n) is 2.40. The highest BCUT2D eigenvalue weighted by molar-refractivity contribution is 6.47. The summed E-state index contributed by atoms with van der Waals surface area (Å²) in [6.07, 6.45) is 0.214. The molecule has 0 aromatic rings. The second kappa shape index (κ2) is 1.17. The predicted octanol–water partition coefficient (Wildman–Crippen LogP) is -0.754. The van der Waals surface area contributed by atoms with Crippen LogP contribution in [0.3, 0.4) is 0 Å². The fourth-order valence-electron chi connectivity index (χ4n) is 0.706. The van der Waals surface area contributed by atoms with Gasteiger partial charge in [-0.1, -0.05) is 0 Å². The molecule has 1 aliphatic carbocycles. The van der Waals surface area contributed by atoms with Crippen LogP contribution in [0, 0.1) is 0 Å². The number of nitrogens with two attached hydrogens (primary N) is 1. The third-order valence-electron chi connectivity index (χ3n) is 1.30. The summed E-state index contributed by atoms with van der Waals surface area (Å²) in [6, 6.07) is 0. The number of hydrogen-bond acceptors (Lipinski definition) is 3. The van der Waals surface area contributed by atoms with Crippen molar-refractivity contribution < 1.29 is 9.59 Å². The number of Topliss-reactive ketones (excluding diaryl/α,β-unsaturated/α-hetero) is 2. The van der Waals surface area contributed by atoms with Gasteiger partial charge in [0.15, 0.2) is 0 Å². The van der Waals surface area contributed by atoms with Gasteiger partial charge in [-0.25, -0.2) is 0 Å². The summed E-state index contributed by atoms with van der Waals surface area (Å²) in [6.45, 7) is 1.57. The highest BCUT2D eigenvalue weighted by Crippen LogP contribution is 2.19. The van der Waals surface area contributed by atoms with Gasteiger partial charge >= 0.3 is 0 Å². The van der Waals surface area contributed by atoms with Gasteiger partial charge in [0.05, 0.1) is 5.54 Å². The maximum atomic E-state index is 10.4. The lowest BCUT2D eigenvalue weighted by Gasteiger charge is -2.29. The Balaban J connectivity index is 2.75. The van der Waals surface area contributed by atoms with Gasteiger partial charge in [0.25, 0.3) is 0 Å². The fourth-order valence-corrected chi connectivity index (χ4v) is 0.706. The van der Waals surface area contributed by atoms with E-state index in [4.69, 9.17) is 5.73 Å². The van der Waals surface area contributed by atoms with Crippen LogP contribution in [0.2, 0.25) is 0 Å². The predicted molar refractivity (Wildman–Crippen MR) is 27.2 cm³/mol. The highest BCUT2D eigenvalue weighted by Gasteiger charge is 2.45. The summed E-state index contributed by atoms with van der Waals surface area (Å²) in [5, 5.41) is 0. The molecule has 0 saturated heterocycles. The lowest BCUT2D eigenvalue weighted by atomic mass is 9.77. The minimum Gasteiger partial charge on any atom is -0.318 e. The minimum atomic E-state index is -0.836. The van der Waals surface area contributed by atoms with E-state index in [1.54, 1.807) is 6.92 Å². The molecule has 1 atom stereocenters. The molecule has 0 aromatic carbocycles. The first-order chi connectivity index (χ1) is 3.54. The van der Waals surface area contributed by atoms with Gasteiger partial charge in [0, 0.05) is 6.42 Å². The normalized spacial score (nSPS) is 37.2. The van der Waals surface area contributed by atoms with Crippen LogP contribution in [-0.4, -0.2) is 17.1 Å². The van der Waals surface area contributed by atoms with E-state index < -0.39 is 11.3 Å². The van der Waals surface area contributed by atoms with Crippen LogP contribution >= 0.6 is 0 Å². The quantitative estimate of drug-likeness (QED) is 0.420. The topological polar surface area (TPSA) is 60.2 Å². The molecule has 0 spiro atoms. The molecule has 1 aliphatic rings. The average molecular weight is 113 g/mol. The standard InChI is InChI=1S/C5H7NO2/c1-5(6)2-3(7)4(5)8/h2,6H2,1H3. The maximum absolute atomic E-state index is 10.4. The molecule has 1 fully saturated rings. The van der Waals surface area contributed by atoms with Crippen LogP contribution in [0.4, 0.5) is 0 Å². The molecule has 1 rings (SSSR count). The van der Waals surface area contributed by atoms with Crippen LogP contribution in [0.15, 0.2) is 0 Å². The Morgan fingerprint density at radius 2 is 2.12 bits per heavy atom. The molecule has 0 aromatic heterocycles. The van der Waals surface area contributed by atoms with Gasteiger partial charge in [-0.2, -0.15) is 0 Å². The largest absolute Gasteiger partial charge is 0.318 e. The molecule has 2 N–H and O–H groups in total. The zero-order valence-corrected chi connectivity index (χ0v) is 4.60. The maximum Gasteiger partial charge on any atom is 0.218 e. The van der Waals surface area contributed by atoms with Gasteiger partial charge in [0.2, 0.25) is 11.6 Å². The molecular formula is C5H7NO2. The minimum absolute atomic E-state index is 0.214. The Morgan fingerprint density at radius 1 is 1.62 bits per heavy atom. The number of carbonyl (C=O) groups is 2. The summed E-state index contributed by atoms with van der Waals surface area (Å²) in [4.78, 5) is 20.6. The van der Waals surface area contributed by atoms with E-state index >= 15 is 0 Å². The van der Waals surface area contributed by atoms with Crippen molar-refractivity contribution in [2.45, 2.75) is 18.9 Å². The molecule has 0 aliphatic heterocycles. The van der Waals surface area contributed by atoms with E-state index in [2.05, 4.69) is 0 Å². The molecule has 0 amide bonds. The van der Waals surface area contributed by atoms with Crippen molar-refractivity contribution in [2.24, 2.45) is 5.73 Å². The molecule has 0 heterocycles. The van der Waals surface area contributed by atoms with Gasteiger partial charge in [-0.15, -0.1) is 0 Å². The molecular weight excluding hydrogens is 106 g/mol. The Labute approximate surface area is 46.9 Å². The number of rotatable bonds is 0. The van der Waals surface area contributed by atoms with Crippen molar-refractivity contribution >= 4 is 11.6 Å². The van der Waals surface area contributed by atoms with Crippen molar-refractivity contribution in [3.63, 3.8) is 0 Å². The summed E-state index contributed by atoms with van der Waals surface area (Å²) < 4.78 is 0. The third-order valence-corrected chi connectivity index (χ3v) is 1.30. The van der Waals surface area contributed by atoms with E-state index in [-0.39, 0.29) is 12.2 Å². The molecule has 44 valence electrons. The smallest absolute Gasteiger partial charge is 0.218 e. The first-order valence-corrected chi connectivity index (χ1v) is 2.40. The number of carbonyl (C=O) groups excluding carboxylic acids is 2. The van der Waals surface area contributed by atoms with Crippen LogP contribution in [0.5, 0.6) is 0 Å². The monoisotopic (exact) mass is 113 g/mol. The Hall–Kier alpha value is -0.700. The highest BCUT2D eigenvalue weighted by atomic mass is 16.2. The van der Waals surface area contributed by atoms with Crippen molar-refractivity contribution in [1.29, 1.82) is 0 Å². The third kappa shape index (κ3) is 0.479. The summed E-state index contributed by atoms with van der Waals surface area (Å²) in [5.74, 6) is -0.771. The zero-order chi connectivity index (χ0) is 6.36. The van der Waals surface area contributed by atoms with Gasteiger partial charge < -0.3 is 5.73 Å². The number of hydrogen-bond donors (Lipinski definition) is 1. The summed E-state index contributed by atoms with van der Waals surface area (Å²) in [5.41, 5.74) is 4.45. The molecule has 8 heavy (non-hydrogen) atoms. The van der Waals surface area contributed by atoms with E-state index in [9.17, 15) is 9.59 Å². The van der Waals surface area contributed by atoms with Crippen molar-refractivity contribution in [3.8, 4) is 0 Å². The molecule has 1 saturated carbocycles. The molecule has 0 bridgehead atoms. The summed E-state index contributed by atoms with van der Waals surface area (Å²) in [7, 11) is 0. The lowest BCUT2D eigenvalue weighted by Crippen LogP contribution is -2.59. The molecule has 0 radical (unpaired) electrons. The molecule has 3 nitrogen and oxygen atoms in total. The molecule has 3 heteroatoms. The SMILES string of the molecule is CC1(N)CC(=O)C1=O. The van der Waals surface area contributed by atoms with Crippen LogP contribution < -0.4 is 5.73 Å². The van der Waals surface area contributed by atoms with Gasteiger partial charge in [-0.05, 0) is 6.92 Å². The van der Waals surface area contributed by atoms with Crippen molar-refractivity contribution in [2.75, 3.05) is 0 Å². The van der Waals surface area contributed by atoms with E-state index in [0.717, 1.165) is 0 Å². The zero-order valence-electron chi connectivity index (χ0n) is 4.60. The Bertz CT molecular complexity index is 160. The Morgan fingerprint density at radius 3 is 2.12 bits per heavy atom. The van der Waals surface area contributed by atoms with E-state index in [1.165, 1.54) is 0 Å². The van der Waals surface area contributed by atoms with Crippen molar-refractivity contribution in [3.05, 3.63) is 0 Å². The van der Waals surface area contributed by atoms with E-state index in [1.807, 2.05) is 0 Å². The Kier molecular flexibility index (Phi) is 0.795. The second-order valence-corrected chi connectivity index (χ2v) is 2.35. The van der Waals surface area contributed by atoms with Crippen LogP contribution in [0.1, 0.15) is 13.3 Å². The van der Waals surface area contributed by atoms with Crippen molar-refractivity contribution in [1.82, 2.24) is 0 Å². The fraction of sp³-hybridized carbons (Fsp3) is 0.600. The average Bonchev–Trinajstić information content (AvgIpc) is 1.65. The van der Waals surface area contributed by atoms with Gasteiger partial charge in [0.1, 0.15) is 0 Å². The van der Waals surface area contributed by atoms with Gasteiger partial charge in [-0.3, -0.25) is 9.59 Å². The lowest BCUT2D eigenvalue weighted by molar-refractivity contribution is -0.147. The molecule has 1 unspecified atom stereocenters. The second-order valence-electron chi connectivity index (χ2n) is 2.35. The van der Waals surface area contributed by atoms with E-state index in [0.29, 0.717) is 0 Å².